The quantitative estimate of drug-likeness (QED) is 0.780. The smallest absolute Gasteiger partial charge is 0.116 e. The molecule has 0 atom stereocenters. The van der Waals surface area contributed by atoms with Crippen LogP contribution in [0.2, 0.25) is 0 Å². The van der Waals surface area contributed by atoms with Gasteiger partial charge in [-0.2, -0.15) is 0 Å². The van der Waals surface area contributed by atoms with Gasteiger partial charge >= 0.3 is 0 Å². The predicted octanol–water partition coefficient (Wildman–Crippen LogP) is 4.25. The predicted molar refractivity (Wildman–Crippen MR) is 103 cm³/mol. The normalized spacial score (nSPS) is 14.2. The number of pyridine rings is 1. The standard InChI is InChI=1S/C22H22N2O/c1-24(2)14-17-10-11-21-19(13-15-6-3-4-9-20(15)23-21)22(17)16-7-5-8-18(25)12-16/h3-9,12-13,25H,10-11,14H2,1-2H3. The SMILES string of the molecule is CN(C)CC1=C(c2cccc(O)c2)c2cc3ccccc3nc2CC1. The van der Waals surface area contributed by atoms with Crippen molar-refractivity contribution in [3.63, 3.8) is 0 Å². The first-order chi connectivity index (χ1) is 12.1. The maximum absolute atomic E-state index is 9.98. The maximum atomic E-state index is 9.98. The van der Waals surface area contributed by atoms with Gasteiger partial charge in [-0.15, -0.1) is 0 Å². The summed E-state index contributed by atoms with van der Waals surface area (Å²) in [6.45, 7) is 0.914. The van der Waals surface area contributed by atoms with Crippen LogP contribution in [0.1, 0.15) is 23.2 Å². The Hall–Kier alpha value is -2.65. The molecule has 1 heterocycles. The average molecular weight is 330 g/mol. The molecule has 0 bridgehead atoms. The van der Waals surface area contributed by atoms with E-state index >= 15 is 0 Å². The fraction of sp³-hybridized carbons (Fsp3) is 0.227. The molecule has 25 heavy (non-hydrogen) atoms. The van der Waals surface area contributed by atoms with E-state index in [-0.39, 0.29) is 0 Å². The zero-order valence-electron chi connectivity index (χ0n) is 14.7. The Morgan fingerprint density at radius 3 is 2.64 bits per heavy atom. The molecule has 0 saturated carbocycles. The fourth-order valence-corrected chi connectivity index (χ4v) is 3.71. The van der Waals surface area contributed by atoms with E-state index in [4.69, 9.17) is 4.98 Å². The molecule has 3 nitrogen and oxygen atoms in total. The second-order valence-electron chi connectivity index (χ2n) is 6.94. The molecule has 0 saturated heterocycles. The summed E-state index contributed by atoms with van der Waals surface area (Å²) in [6.07, 6.45) is 1.97. The molecule has 2 aromatic carbocycles. The molecule has 0 aliphatic heterocycles. The van der Waals surface area contributed by atoms with Crippen molar-refractivity contribution in [3.8, 4) is 5.75 Å². The summed E-state index contributed by atoms with van der Waals surface area (Å²) in [4.78, 5) is 7.12. The van der Waals surface area contributed by atoms with Gasteiger partial charge in [0.1, 0.15) is 5.75 Å². The minimum absolute atomic E-state index is 0.301. The van der Waals surface area contributed by atoms with Gasteiger partial charge < -0.3 is 10.0 Å². The lowest BCUT2D eigenvalue weighted by Gasteiger charge is -2.26. The van der Waals surface area contributed by atoms with Crippen LogP contribution in [0.3, 0.4) is 0 Å². The highest BCUT2D eigenvalue weighted by Crippen LogP contribution is 2.37. The summed E-state index contributed by atoms with van der Waals surface area (Å²) >= 11 is 0. The van der Waals surface area contributed by atoms with Gasteiger partial charge in [0.2, 0.25) is 0 Å². The van der Waals surface area contributed by atoms with Gasteiger partial charge in [0, 0.05) is 23.2 Å². The number of nitrogens with zero attached hydrogens (tertiary/aromatic N) is 2. The van der Waals surface area contributed by atoms with Crippen LogP contribution in [-0.2, 0) is 6.42 Å². The number of para-hydroxylation sites is 1. The number of rotatable bonds is 3. The molecule has 0 amide bonds. The van der Waals surface area contributed by atoms with Gasteiger partial charge in [0.15, 0.2) is 0 Å². The average Bonchev–Trinajstić information content (AvgIpc) is 2.59. The number of hydrogen-bond acceptors (Lipinski definition) is 3. The van der Waals surface area contributed by atoms with Crippen molar-refractivity contribution in [2.75, 3.05) is 20.6 Å². The van der Waals surface area contributed by atoms with Crippen LogP contribution >= 0.6 is 0 Å². The van der Waals surface area contributed by atoms with E-state index < -0.39 is 0 Å². The van der Waals surface area contributed by atoms with E-state index in [1.165, 1.54) is 16.7 Å². The highest BCUT2D eigenvalue weighted by Gasteiger charge is 2.22. The van der Waals surface area contributed by atoms with Gasteiger partial charge in [0.05, 0.1) is 5.52 Å². The third kappa shape index (κ3) is 3.03. The fourth-order valence-electron chi connectivity index (χ4n) is 3.71. The Balaban J connectivity index is 1.97. The van der Waals surface area contributed by atoms with E-state index in [9.17, 15) is 5.11 Å². The second kappa shape index (κ2) is 6.34. The van der Waals surface area contributed by atoms with Crippen molar-refractivity contribution in [2.45, 2.75) is 12.8 Å². The summed E-state index contributed by atoms with van der Waals surface area (Å²) in [5.41, 5.74) is 7.10. The number of aromatic nitrogens is 1. The van der Waals surface area contributed by atoms with Gasteiger partial charge in [-0.25, -0.2) is 0 Å². The van der Waals surface area contributed by atoms with Crippen LogP contribution in [0.4, 0.5) is 0 Å². The summed E-state index contributed by atoms with van der Waals surface area (Å²) in [6, 6.07) is 18.1. The Labute approximate surface area is 148 Å². The highest BCUT2D eigenvalue weighted by molar-refractivity contribution is 5.90. The first kappa shape index (κ1) is 15.9. The minimum Gasteiger partial charge on any atom is -0.508 e. The molecule has 3 heteroatoms. The van der Waals surface area contributed by atoms with Crippen molar-refractivity contribution in [1.82, 2.24) is 9.88 Å². The summed E-state index contributed by atoms with van der Waals surface area (Å²) in [5, 5.41) is 11.1. The molecular weight excluding hydrogens is 308 g/mol. The molecule has 0 spiro atoms. The Bertz CT molecular complexity index is 973. The van der Waals surface area contributed by atoms with Crippen LogP contribution in [-0.4, -0.2) is 35.6 Å². The minimum atomic E-state index is 0.301. The lowest BCUT2D eigenvalue weighted by Crippen LogP contribution is -2.20. The van der Waals surface area contributed by atoms with E-state index in [0.717, 1.165) is 41.5 Å². The summed E-state index contributed by atoms with van der Waals surface area (Å²) in [5.74, 6) is 0.301. The van der Waals surface area contributed by atoms with Crippen molar-refractivity contribution >= 4 is 16.5 Å². The number of phenols is 1. The van der Waals surface area contributed by atoms with Crippen LogP contribution in [0.5, 0.6) is 5.75 Å². The first-order valence-corrected chi connectivity index (χ1v) is 8.67. The van der Waals surface area contributed by atoms with E-state index in [1.54, 1.807) is 6.07 Å². The van der Waals surface area contributed by atoms with Crippen LogP contribution in [0, 0.1) is 0 Å². The number of fused-ring (bicyclic) bond motifs is 2. The number of likely N-dealkylation sites (N-methyl/N-ethyl adjacent to an activating group) is 1. The third-order valence-electron chi connectivity index (χ3n) is 4.73. The zero-order valence-corrected chi connectivity index (χ0v) is 14.7. The largest absolute Gasteiger partial charge is 0.508 e. The molecule has 1 aliphatic carbocycles. The first-order valence-electron chi connectivity index (χ1n) is 8.67. The molecular formula is C22H22N2O. The van der Waals surface area contributed by atoms with Crippen LogP contribution < -0.4 is 0 Å². The molecule has 4 rings (SSSR count). The van der Waals surface area contributed by atoms with Crippen molar-refractivity contribution in [3.05, 3.63) is 77.0 Å². The van der Waals surface area contributed by atoms with Crippen LogP contribution in [0.15, 0.2) is 60.2 Å². The van der Waals surface area contributed by atoms with Gasteiger partial charge in [0.25, 0.3) is 0 Å². The Morgan fingerprint density at radius 2 is 1.84 bits per heavy atom. The van der Waals surface area contributed by atoms with Gasteiger partial charge in [-0.3, -0.25) is 4.98 Å². The highest BCUT2D eigenvalue weighted by atomic mass is 16.3. The van der Waals surface area contributed by atoms with E-state index in [1.807, 2.05) is 18.2 Å². The third-order valence-corrected chi connectivity index (χ3v) is 4.73. The Kier molecular flexibility index (Phi) is 4.02. The van der Waals surface area contributed by atoms with E-state index in [2.05, 4.69) is 49.3 Å². The molecule has 1 aliphatic rings. The monoisotopic (exact) mass is 330 g/mol. The molecule has 0 fully saturated rings. The van der Waals surface area contributed by atoms with Gasteiger partial charge in [-0.05, 0) is 67.9 Å². The maximum Gasteiger partial charge on any atom is 0.116 e. The Morgan fingerprint density at radius 1 is 1.00 bits per heavy atom. The lowest BCUT2D eigenvalue weighted by molar-refractivity contribution is 0.439. The van der Waals surface area contributed by atoms with Crippen molar-refractivity contribution in [1.29, 1.82) is 0 Å². The number of aryl methyl sites for hydroxylation is 1. The van der Waals surface area contributed by atoms with Crippen molar-refractivity contribution < 1.29 is 5.11 Å². The molecule has 1 N–H and O–H groups in total. The van der Waals surface area contributed by atoms with Crippen molar-refractivity contribution in [2.24, 2.45) is 0 Å². The molecule has 0 radical (unpaired) electrons. The molecule has 1 aromatic heterocycles. The number of aromatic hydroxyl groups is 1. The molecule has 126 valence electrons. The summed E-state index contributed by atoms with van der Waals surface area (Å²) < 4.78 is 0. The zero-order chi connectivity index (χ0) is 17.4. The topological polar surface area (TPSA) is 36.4 Å². The van der Waals surface area contributed by atoms with Crippen LogP contribution in [0.25, 0.3) is 16.5 Å². The van der Waals surface area contributed by atoms with E-state index in [0.29, 0.717) is 5.75 Å². The summed E-state index contributed by atoms with van der Waals surface area (Å²) in [7, 11) is 4.20. The van der Waals surface area contributed by atoms with Gasteiger partial charge in [-0.1, -0.05) is 30.3 Å². The number of hydrogen-bond donors (Lipinski definition) is 1. The molecule has 0 unspecified atom stereocenters. The lowest BCUT2D eigenvalue weighted by atomic mass is 9.83. The molecule has 3 aromatic rings. The number of benzene rings is 2. The second-order valence-corrected chi connectivity index (χ2v) is 6.94. The number of phenolic OH excluding ortho intramolecular Hbond substituents is 1.